The van der Waals surface area contributed by atoms with Crippen LogP contribution in [0, 0.1) is 6.07 Å². The lowest BCUT2D eigenvalue weighted by Gasteiger charge is -1.97. The molecule has 1 rings (SSSR count). The molecule has 0 unspecified atom stereocenters. The smallest absolute Gasteiger partial charge is 0.00993 e. The van der Waals surface area contributed by atoms with E-state index in [1.165, 1.54) is 5.56 Å². The minimum Gasteiger partial charge on any atom is -0.0870 e. The second kappa shape index (κ2) is 4.55. The number of allylic oxidation sites excluding steroid dienone is 2. The van der Waals surface area contributed by atoms with Gasteiger partial charge < -0.3 is 0 Å². The van der Waals surface area contributed by atoms with E-state index in [1.54, 1.807) is 0 Å². The van der Waals surface area contributed by atoms with Gasteiger partial charge in [-0.25, -0.2) is 0 Å². The molecule has 61 valence electrons. The molecule has 0 heteroatoms. The molecule has 1 aromatic rings. The predicted octanol–water partition coefficient (Wildman–Crippen LogP) is 3.55. The molecule has 0 atom stereocenters. The van der Waals surface area contributed by atoms with E-state index in [9.17, 15) is 0 Å². The van der Waals surface area contributed by atoms with Gasteiger partial charge in [0, 0.05) is 0 Å². The van der Waals surface area contributed by atoms with Crippen molar-refractivity contribution < 1.29 is 0 Å². The minimum atomic E-state index is 1.15. The van der Waals surface area contributed by atoms with Crippen molar-refractivity contribution in [1.29, 1.82) is 0 Å². The monoisotopic (exact) mass is 157 g/mol. The van der Waals surface area contributed by atoms with Crippen LogP contribution in [0.1, 0.15) is 25.0 Å². The maximum absolute atomic E-state index is 3.18. The SMILES string of the molecule is CC=Cc1[c]cccc1C=CC. The molecule has 0 heterocycles. The van der Waals surface area contributed by atoms with Gasteiger partial charge in [0.25, 0.3) is 0 Å². The Morgan fingerprint density at radius 2 is 1.92 bits per heavy atom. The van der Waals surface area contributed by atoms with Crippen LogP contribution in [0.4, 0.5) is 0 Å². The summed E-state index contributed by atoms with van der Waals surface area (Å²) in [7, 11) is 0. The molecule has 0 saturated heterocycles. The van der Waals surface area contributed by atoms with E-state index < -0.39 is 0 Å². The highest BCUT2D eigenvalue weighted by Crippen LogP contribution is 2.11. The Kier molecular flexibility index (Phi) is 3.34. The van der Waals surface area contributed by atoms with Crippen molar-refractivity contribution in [3.63, 3.8) is 0 Å². The lowest BCUT2D eigenvalue weighted by atomic mass is 10.1. The molecular weight excluding hydrogens is 144 g/mol. The zero-order chi connectivity index (χ0) is 8.81. The van der Waals surface area contributed by atoms with Crippen LogP contribution < -0.4 is 0 Å². The number of rotatable bonds is 2. The molecule has 0 aromatic heterocycles. The van der Waals surface area contributed by atoms with Gasteiger partial charge in [0.15, 0.2) is 0 Å². The van der Waals surface area contributed by atoms with E-state index in [4.69, 9.17) is 0 Å². The molecule has 1 radical (unpaired) electrons. The van der Waals surface area contributed by atoms with E-state index in [2.05, 4.69) is 24.3 Å². The minimum absolute atomic E-state index is 1.15. The second-order valence-electron chi connectivity index (χ2n) is 2.54. The Morgan fingerprint density at radius 1 is 1.17 bits per heavy atom. The molecule has 0 aliphatic rings. The van der Waals surface area contributed by atoms with Gasteiger partial charge in [0.05, 0.1) is 0 Å². The highest BCUT2D eigenvalue weighted by Gasteiger charge is 1.91. The summed E-state index contributed by atoms with van der Waals surface area (Å²) in [5, 5.41) is 0. The third-order valence-corrected chi connectivity index (χ3v) is 1.60. The summed E-state index contributed by atoms with van der Waals surface area (Å²) in [6.07, 6.45) is 8.22. The highest BCUT2D eigenvalue weighted by molar-refractivity contribution is 5.64. The molecule has 0 N–H and O–H groups in total. The molecule has 0 nitrogen and oxygen atoms in total. The van der Waals surface area contributed by atoms with Gasteiger partial charge in [0.1, 0.15) is 0 Å². The molecule has 1 aromatic carbocycles. The Hall–Kier alpha value is -1.30. The summed E-state index contributed by atoms with van der Waals surface area (Å²) < 4.78 is 0. The van der Waals surface area contributed by atoms with Crippen LogP contribution in [0.3, 0.4) is 0 Å². The van der Waals surface area contributed by atoms with E-state index in [0.717, 1.165) is 5.56 Å². The number of benzene rings is 1. The van der Waals surface area contributed by atoms with Crippen molar-refractivity contribution in [2.75, 3.05) is 0 Å². The molecule has 12 heavy (non-hydrogen) atoms. The summed E-state index contributed by atoms with van der Waals surface area (Å²) in [5.41, 5.74) is 2.37. The van der Waals surface area contributed by atoms with Crippen molar-refractivity contribution in [2.24, 2.45) is 0 Å². The standard InChI is InChI=1S/C12H13/c1-3-7-11-9-5-6-10-12(11)8-4-2/h3-9H,1-2H3. The second-order valence-corrected chi connectivity index (χ2v) is 2.54. The topological polar surface area (TPSA) is 0 Å². The van der Waals surface area contributed by atoms with Crippen LogP contribution >= 0.6 is 0 Å². The molecular formula is C12H13. The van der Waals surface area contributed by atoms with Crippen LogP contribution in [0.15, 0.2) is 30.4 Å². The third-order valence-electron chi connectivity index (χ3n) is 1.60. The van der Waals surface area contributed by atoms with Gasteiger partial charge >= 0.3 is 0 Å². The normalized spacial score (nSPS) is 11.5. The van der Waals surface area contributed by atoms with Crippen molar-refractivity contribution in [3.8, 4) is 0 Å². The number of hydrogen-bond donors (Lipinski definition) is 0. The van der Waals surface area contributed by atoms with Crippen LogP contribution in [-0.2, 0) is 0 Å². The molecule has 0 amide bonds. The van der Waals surface area contributed by atoms with Gasteiger partial charge in [-0.15, -0.1) is 0 Å². The summed E-state index contributed by atoms with van der Waals surface area (Å²) in [6.45, 7) is 4.03. The lowest BCUT2D eigenvalue weighted by molar-refractivity contribution is 1.58. The van der Waals surface area contributed by atoms with E-state index >= 15 is 0 Å². The summed E-state index contributed by atoms with van der Waals surface area (Å²) in [4.78, 5) is 0. The van der Waals surface area contributed by atoms with Gasteiger partial charge in [-0.2, -0.15) is 0 Å². The van der Waals surface area contributed by atoms with Crippen LogP contribution in [0.2, 0.25) is 0 Å². The average molecular weight is 157 g/mol. The van der Waals surface area contributed by atoms with E-state index in [-0.39, 0.29) is 0 Å². The fraction of sp³-hybridized carbons (Fsp3) is 0.167. The third kappa shape index (κ3) is 2.09. The Balaban J connectivity index is 3.08. The summed E-state index contributed by atoms with van der Waals surface area (Å²) in [6, 6.07) is 9.21. The highest BCUT2D eigenvalue weighted by atomic mass is 14.0. The first-order valence-corrected chi connectivity index (χ1v) is 4.14. The quantitative estimate of drug-likeness (QED) is 0.615. The maximum atomic E-state index is 3.18. The fourth-order valence-electron chi connectivity index (χ4n) is 1.10. The maximum Gasteiger partial charge on any atom is -0.00993 e. The van der Waals surface area contributed by atoms with Crippen molar-refractivity contribution in [3.05, 3.63) is 47.5 Å². The van der Waals surface area contributed by atoms with E-state index in [0.29, 0.717) is 0 Å². The number of hydrogen-bond acceptors (Lipinski definition) is 0. The molecule has 0 spiro atoms. The zero-order valence-electron chi connectivity index (χ0n) is 7.54. The van der Waals surface area contributed by atoms with Gasteiger partial charge in [-0.1, -0.05) is 42.5 Å². The molecule has 0 saturated carbocycles. The van der Waals surface area contributed by atoms with Crippen molar-refractivity contribution in [2.45, 2.75) is 13.8 Å². The van der Waals surface area contributed by atoms with Crippen LogP contribution in [0.25, 0.3) is 12.2 Å². The van der Waals surface area contributed by atoms with Gasteiger partial charge in [0.2, 0.25) is 0 Å². The molecule has 0 fully saturated rings. The fourth-order valence-corrected chi connectivity index (χ4v) is 1.10. The first kappa shape index (κ1) is 8.79. The Morgan fingerprint density at radius 3 is 2.58 bits per heavy atom. The summed E-state index contributed by atoms with van der Waals surface area (Å²) >= 11 is 0. The first-order chi connectivity index (χ1) is 5.88. The lowest BCUT2D eigenvalue weighted by Crippen LogP contribution is -1.78. The molecule has 0 aliphatic heterocycles. The Bertz CT molecular complexity index is 262. The molecule has 0 bridgehead atoms. The van der Waals surface area contributed by atoms with Crippen LogP contribution in [0.5, 0.6) is 0 Å². The zero-order valence-corrected chi connectivity index (χ0v) is 7.54. The van der Waals surface area contributed by atoms with Gasteiger partial charge in [-0.05, 0) is 31.0 Å². The van der Waals surface area contributed by atoms with Crippen LogP contribution in [-0.4, -0.2) is 0 Å². The largest absolute Gasteiger partial charge is 0.0870 e. The van der Waals surface area contributed by atoms with Crippen molar-refractivity contribution in [1.82, 2.24) is 0 Å². The average Bonchev–Trinajstić information content (AvgIpc) is 2.09. The van der Waals surface area contributed by atoms with Crippen molar-refractivity contribution >= 4 is 12.2 Å². The molecule has 0 aliphatic carbocycles. The van der Waals surface area contributed by atoms with Gasteiger partial charge in [-0.3, -0.25) is 0 Å². The Labute approximate surface area is 74.2 Å². The summed E-state index contributed by atoms with van der Waals surface area (Å²) in [5.74, 6) is 0. The van der Waals surface area contributed by atoms with E-state index in [1.807, 2.05) is 38.1 Å². The first-order valence-electron chi connectivity index (χ1n) is 4.14. The predicted molar refractivity (Wildman–Crippen MR) is 54.7 cm³/mol.